The van der Waals surface area contributed by atoms with Crippen LogP contribution in [0.4, 0.5) is 10.1 Å². The number of benzene rings is 2. The summed E-state index contributed by atoms with van der Waals surface area (Å²) >= 11 is 6.30. The van der Waals surface area contributed by atoms with Crippen LogP contribution in [0.1, 0.15) is 30.0 Å². The zero-order chi connectivity index (χ0) is 20.8. The Balaban J connectivity index is 1.67. The fourth-order valence-corrected chi connectivity index (χ4v) is 4.87. The normalized spacial score (nSPS) is 24.6. The molecule has 1 aliphatic heterocycles. The molecular weight excluding hydrogens is 401 g/mol. The van der Waals surface area contributed by atoms with Gasteiger partial charge in [0.1, 0.15) is 23.3 Å². The fourth-order valence-electron chi connectivity index (χ4n) is 4.65. The van der Waals surface area contributed by atoms with Crippen LogP contribution in [0.2, 0.25) is 5.02 Å². The first kappa shape index (κ1) is 18.8. The standard InChI is InChI=1S/C24H17ClFN3O/c25-22-12-18(7-3-16(22)13-27)29-24(14-1-5-17(26)6-2-14)21-9-4-15-11-19(30)8-10-20(15)23(21)28-29/h1-3,5-8,10-12,15,21,24H,4,9H2/p+1/t15?,21-,24-/m1/s1. The zero-order valence-electron chi connectivity index (χ0n) is 16.0. The molecule has 0 saturated heterocycles. The maximum Gasteiger partial charge on any atom is 0.234 e. The van der Waals surface area contributed by atoms with Crippen molar-refractivity contribution < 1.29 is 14.2 Å². The van der Waals surface area contributed by atoms with E-state index >= 15 is 0 Å². The topological polar surface area (TPSA) is 59.4 Å². The summed E-state index contributed by atoms with van der Waals surface area (Å²) in [5.74, 6) is 0.282. The summed E-state index contributed by atoms with van der Waals surface area (Å²) in [6.45, 7) is 0. The highest BCUT2D eigenvalue weighted by atomic mass is 35.5. The molecule has 0 saturated carbocycles. The Hall–Kier alpha value is -3.23. The van der Waals surface area contributed by atoms with E-state index in [0.29, 0.717) is 10.6 Å². The molecule has 2 aromatic carbocycles. The molecule has 6 heteroatoms. The molecular formula is C24H18ClFN3O+. The second kappa shape index (κ2) is 7.23. The predicted octanol–water partition coefficient (Wildman–Crippen LogP) is 6.49. The van der Waals surface area contributed by atoms with Gasteiger partial charge in [-0.15, -0.1) is 0 Å². The number of rotatable bonds is 2. The van der Waals surface area contributed by atoms with E-state index in [9.17, 15) is 14.8 Å². The molecule has 2 aromatic rings. The highest BCUT2D eigenvalue weighted by Crippen LogP contribution is 2.51. The van der Waals surface area contributed by atoms with Crippen molar-refractivity contribution in [3.63, 3.8) is 0 Å². The molecule has 4 nitrogen and oxygen atoms in total. The van der Waals surface area contributed by atoms with Crippen LogP contribution in [-0.4, -0.2) is 9.80 Å². The van der Waals surface area contributed by atoms with Crippen LogP contribution in [0.25, 0.3) is 0 Å². The summed E-state index contributed by atoms with van der Waals surface area (Å²) in [6, 6.07) is 13.8. The van der Waals surface area contributed by atoms with Crippen molar-refractivity contribution in [2.75, 3.05) is 0 Å². The van der Waals surface area contributed by atoms with Gasteiger partial charge >= 0.3 is 0 Å². The summed E-state index contributed by atoms with van der Waals surface area (Å²) in [5.41, 5.74) is 4.26. The van der Waals surface area contributed by atoms with Gasteiger partial charge in [-0.05, 0) is 66.0 Å². The van der Waals surface area contributed by atoms with Crippen LogP contribution in [-0.2, 0) is 0 Å². The van der Waals surface area contributed by atoms with Gasteiger partial charge in [0.25, 0.3) is 0 Å². The predicted molar refractivity (Wildman–Crippen MR) is 111 cm³/mol. The third-order valence-electron chi connectivity index (χ3n) is 6.05. The summed E-state index contributed by atoms with van der Waals surface area (Å²) in [6.07, 6.45) is 7.33. The molecule has 3 atom stereocenters. The molecule has 0 aromatic heterocycles. The van der Waals surface area contributed by atoms with Crippen molar-refractivity contribution in [2.45, 2.75) is 18.9 Å². The Morgan fingerprint density at radius 1 is 1.13 bits per heavy atom. The average Bonchev–Trinajstić information content (AvgIpc) is 3.14. The van der Waals surface area contributed by atoms with Gasteiger partial charge in [-0.25, -0.2) is 4.39 Å². The molecule has 0 amide bonds. The largest absolute Gasteiger partial charge is 0.508 e. The van der Waals surface area contributed by atoms with Crippen LogP contribution in [0, 0.1) is 29.0 Å². The van der Waals surface area contributed by atoms with Crippen molar-refractivity contribution in [3.8, 4) is 6.07 Å². The van der Waals surface area contributed by atoms with Crippen molar-refractivity contribution in [1.29, 1.82) is 5.26 Å². The van der Waals surface area contributed by atoms with Gasteiger partial charge in [-0.2, -0.15) is 5.26 Å². The maximum atomic E-state index is 13.6. The van der Waals surface area contributed by atoms with Gasteiger partial charge < -0.3 is 5.11 Å². The number of aliphatic hydroxyl groups is 1. The molecule has 0 fully saturated rings. The quantitative estimate of drug-likeness (QED) is 0.566. The van der Waals surface area contributed by atoms with E-state index in [4.69, 9.17) is 16.7 Å². The van der Waals surface area contributed by atoms with Gasteiger partial charge in [0.2, 0.25) is 11.7 Å². The molecule has 1 unspecified atom stereocenters. The molecule has 0 bridgehead atoms. The number of aliphatic hydroxyl groups excluding tert-OH is 1. The third-order valence-corrected chi connectivity index (χ3v) is 6.36. The lowest BCUT2D eigenvalue weighted by Crippen LogP contribution is -2.23. The number of fused-ring (bicyclic) bond motifs is 2. The lowest BCUT2D eigenvalue weighted by Gasteiger charge is -2.27. The van der Waals surface area contributed by atoms with E-state index in [2.05, 4.69) is 6.07 Å². The van der Waals surface area contributed by atoms with Crippen molar-refractivity contribution in [1.82, 2.24) is 0 Å². The van der Waals surface area contributed by atoms with Crippen LogP contribution in [0.3, 0.4) is 0 Å². The Bertz CT molecular complexity index is 1200. The summed E-state index contributed by atoms with van der Waals surface area (Å²) in [7, 11) is 0. The summed E-state index contributed by atoms with van der Waals surface area (Å²) < 4.78 is 15.5. The molecule has 148 valence electrons. The lowest BCUT2D eigenvalue weighted by molar-refractivity contribution is -0.548. The van der Waals surface area contributed by atoms with Crippen LogP contribution in [0.15, 0.2) is 82.8 Å². The van der Waals surface area contributed by atoms with Crippen LogP contribution >= 0.6 is 11.6 Å². The van der Waals surface area contributed by atoms with Crippen molar-refractivity contribution >= 4 is 17.3 Å². The van der Waals surface area contributed by atoms with E-state index < -0.39 is 0 Å². The first-order chi connectivity index (χ1) is 14.5. The highest BCUT2D eigenvalue weighted by molar-refractivity contribution is 6.31. The fraction of sp³-hybridized carbons (Fsp3) is 0.208. The van der Waals surface area contributed by atoms with E-state index in [-0.39, 0.29) is 29.5 Å². The summed E-state index contributed by atoms with van der Waals surface area (Å²) in [5, 5.41) is 24.4. The minimum atomic E-state index is -0.278. The first-order valence-corrected chi connectivity index (χ1v) is 10.2. The summed E-state index contributed by atoms with van der Waals surface area (Å²) in [4.78, 5) is 0. The SMILES string of the molecule is N#Cc1ccc([N+]2=NC3=C4C=CC(O)=CC4CC[C@H]3[C@H]2c2ccc(F)cc2)cc1Cl. The van der Waals surface area contributed by atoms with E-state index in [1.54, 1.807) is 30.3 Å². The van der Waals surface area contributed by atoms with Crippen LogP contribution in [0.5, 0.6) is 0 Å². The Morgan fingerprint density at radius 2 is 1.93 bits per heavy atom. The van der Waals surface area contributed by atoms with E-state index in [1.165, 1.54) is 12.1 Å². The smallest absolute Gasteiger partial charge is 0.234 e. The minimum Gasteiger partial charge on any atom is -0.508 e. The number of hydrogen-bond acceptors (Lipinski definition) is 3. The number of nitrogens with zero attached hydrogens (tertiary/aromatic N) is 3. The third kappa shape index (κ3) is 3.05. The number of allylic oxidation sites excluding steroid dienone is 4. The van der Waals surface area contributed by atoms with Gasteiger partial charge in [0, 0.05) is 23.6 Å². The second-order valence-electron chi connectivity index (χ2n) is 7.77. The average molecular weight is 419 g/mol. The molecule has 3 aliphatic rings. The maximum absolute atomic E-state index is 13.6. The van der Waals surface area contributed by atoms with Gasteiger partial charge in [-0.1, -0.05) is 22.4 Å². The van der Waals surface area contributed by atoms with Gasteiger partial charge in [-0.3, -0.25) is 0 Å². The molecule has 1 N–H and O–H groups in total. The number of nitriles is 1. The van der Waals surface area contributed by atoms with E-state index in [0.717, 1.165) is 35.4 Å². The number of hydrogen-bond donors (Lipinski definition) is 1. The molecule has 2 aliphatic carbocycles. The number of halogens is 2. The van der Waals surface area contributed by atoms with E-state index in [1.807, 2.05) is 22.9 Å². The monoisotopic (exact) mass is 418 g/mol. The molecule has 1 heterocycles. The Labute approximate surface area is 178 Å². The van der Waals surface area contributed by atoms with Crippen LogP contribution < -0.4 is 0 Å². The Morgan fingerprint density at radius 3 is 2.67 bits per heavy atom. The zero-order valence-corrected chi connectivity index (χ0v) is 16.7. The molecule has 0 spiro atoms. The first-order valence-electron chi connectivity index (χ1n) is 9.84. The van der Waals surface area contributed by atoms with Crippen molar-refractivity contribution in [2.24, 2.45) is 17.0 Å². The molecule has 30 heavy (non-hydrogen) atoms. The lowest BCUT2D eigenvalue weighted by atomic mass is 9.74. The minimum absolute atomic E-state index is 0.106. The number of azo groups is 2. The van der Waals surface area contributed by atoms with Crippen molar-refractivity contribution in [3.05, 3.63) is 99.7 Å². The van der Waals surface area contributed by atoms with Gasteiger partial charge in [0.15, 0.2) is 0 Å². The second-order valence-corrected chi connectivity index (χ2v) is 8.18. The highest BCUT2D eigenvalue weighted by Gasteiger charge is 2.48. The Kier molecular flexibility index (Phi) is 4.52. The van der Waals surface area contributed by atoms with Gasteiger partial charge in [0.05, 0.1) is 16.5 Å². The molecule has 0 radical (unpaired) electrons. The molecule has 5 rings (SSSR count).